The lowest BCUT2D eigenvalue weighted by atomic mass is 9.99. The van der Waals surface area contributed by atoms with E-state index in [1.165, 1.54) is 25.9 Å². The van der Waals surface area contributed by atoms with Gasteiger partial charge in [0.1, 0.15) is 0 Å². The van der Waals surface area contributed by atoms with Gasteiger partial charge < -0.3 is 32.9 Å². The number of rotatable bonds is 4. The van der Waals surface area contributed by atoms with Crippen LogP contribution in [0.1, 0.15) is 30.1 Å². The van der Waals surface area contributed by atoms with Crippen molar-refractivity contribution in [3.8, 4) is 0 Å². The number of hydrogen-bond donors (Lipinski definition) is 6. The molecule has 0 bridgehead atoms. The summed E-state index contributed by atoms with van der Waals surface area (Å²) in [5.41, 5.74) is 19.5. The maximum absolute atomic E-state index is 7.00. The monoisotopic (exact) mass is 401 g/mol. The maximum Gasteiger partial charge on any atom is 0.0784 e. The fourth-order valence-corrected chi connectivity index (χ4v) is 2.70. The SMILES string of the molecule is C=CC1CCNCC1.CNc1ccccc1CN.CO.NC(N)c1ccccc1. The first-order chi connectivity index (χ1) is 14.1. The quantitative estimate of drug-likeness (QED) is 0.346. The molecule has 29 heavy (non-hydrogen) atoms. The van der Waals surface area contributed by atoms with Gasteiger partial charge in [-0.25, -0.2) is 0 Å². The van der Waals surface area contributed by atoms with E-state index >= 15 is 0 Å². The second kappa shape index (κ2) is 17.8. The topological polar surface area (TPSA) is 122 Å². The number of anilines is 1. The highest BCUT2D eigenvalue weighted by atomic mass is 16.2. The predicted molar refractivity (Wildman–Crippen MR) is 125 cm³/mol. The van der Waals surface area contributed by atoms with Crippen LogP contribution in [0.4, 0.5) is 5.69 Å². The largest absolute Gasteiger partial charge is 0.400 e. The fourth-order valence-electron chi connectivity index (χ4n) is 2.70. The molecule has 9 N–H and O–H groups in total. The van der Waals surface area contributed by atoms with Gasteiger partial charge in [-0.3, -0.25) is 0 Å². The van der Waals surface area contributed by atoms with E-state index < -0.39 is 0 Å². The number of nitrogens with two attached hydrogens (primary N) is 3. The molecule has 1 aliphatic heterocycles. The minimum atomic E-state index is -0.341. The van der Waals surface area contributed by atoms with Gasteiger partial charge in [-0.2, -0.15) is 0 Å². The highest BCUT2D eigenvalue weighted by molar-refractivity contribution is 5.50. The molecule has 0 radical (unpaired) electrons. The van der Waals surface area contributed by atoms with E-state index in [1.807, 2.05) is 61.6 Å². The molecule has 1 aliphatic rings. The molecule has 162 valence electrons. The van der Waals surface area contributed by atoms with Crippen molar-refractivity contribution in [3.05, 3.63) is 78.4 Å². The van der Waals surface area contributed by atoms with E-state index in [1.54, 1.807) is 0 Å². The molecule has 6 heteroatoms. The molecule has 0 atom stereocenters. The fraction of sp³-hybridized carbons (Fsp3) is 0.391. The van der Waals surface area contributed by atoms with Crippen molar-refractivity contribution >= 4 is 5.69 Å². The summed E-state index contributed by atoms with van der Waals surface area (Å²) in [6, 6.07) is 17.6. The third-order valence-corrected chi connectivity index (χ3v) is 4.41. The summed E-state index contributed by atoms with van der Waals surface area (Å²) in [4.78, 5) is 0. The number of para-hydroxylation sites is 1. The third-order valence-electron chi connectivity index (χ3n) is 4.41. The van der Waals surface area contributed by atoms with Gasteiger partial charge in [0.2, 0.25) is 0 Å². The molecule has 1 fully saturated rings. The Hall–Kier alpha value is -2.22. The molecule has 3 rings (SSSR count). The Bertz CT molecular complexity index is 605. The number of piperidine rings is 1. The first-order valence-corrected chi connectivity index (χ1v) is 9.92. The highest BCUT2D eigenvalue weighted by Gasteiger charge is 2.07. The van der Waals surface area contributed by atoms with E-state index in [-0.39, 0.29) is 6.17 Å². The van der Waals surface area contributed by atoms with Gasteiger partial charge in [0, 0.05) is 26.4 Å². The molecular formula is C23H39N5O. The Morgan fingerprint density at radius 2 is 1.62 bits per heavy atom. The summed E-state index contributed by atoms with van der Waals surface area (Å²) < 4.78 is 0. The molecule has 0 saturated carbocycles. The zero-order valence-corrected chi connectivity index (χ0v) is 17.9. The zero-order valence-electron chi connectivity index (χ0n) is 17.9. The van der Waals surface area contributed by atoms with Gasteiger partial charge in [0.15, 0.2) is 0 Å². The summed E-state index contributed by atoms with van der Waals surface area (Å²) in [7, 11) is 2.90. The van der Waals surface area contributed by atoms with E-state index in [4.69, 9.17) is 22.3 Å². The first-order valence-electron chi connectivity index (χ1n) is 9.92. The Morgan fingerprint density at radius 1 is 1.07 bits per heavy atom. The average Bonchev–Trinajstić information content (AvgIpc) is 2.82. The number of allylic oxidation sites excluding steroid dienone is 1. The van der Waals surface area contributed by atoms with Crippen molar-refractivity contribution < 1.29 is 5.11 Å². The first kappa shape index (κ1) is 26.8. The van der Waals surface area contributed by atoms with Crippen LogP contribution >= 0.6 is 0 Å². The van der Waals surface area contributed by atoms with Crippen LogP contribution in [0, 0.1) is 5.92 Å². The van der Waals surface area contributed by atoms with Gasteiger partial charge in [0.25, 0.3) is 0 Å². The molecule has 6 nitrogen and oxygen atoms in total. The van der Waals surface area contributed by atoms with Crippen LogP contribution in [0.15, 0.2) is 67.3 Å². The van der Waals surface area contributed by atoms with E-state index in [9.17, 15) is 0 Å². The predicted octanol–water partition coefficient (Wildman–Crippen LogP) is 2.57. The lowest BCUT2D eigenvalue weighted by Gasteiger charge is -2.18. The minimum Gasteiger partial charge on any atom is -0.400 e. The number of benzene rings is 2. The van der Waals surface area contributed by atoms with Crippen LogP contribution in [0.2, 0.25) is 0 Å². The number of aliphatic hydroxyl groups is 1. The summed E-state index contributed by atoms with van der Waals surface area (Å²) in [5, 5.41) is 13.4. The van der Waals surface area contributed by atoms with Gasteiger partial charge >= 0.3 is 0 Å². The molecule has 2 aromatic carbocycles. The van der Waals surface area contributed by atoms with Crippen molar-refractivity contribution in [1.82, 2.24) is 5.32 Å². The van der Waals surface area contributed by atoms with E-state index in [2.05, 4.69) is 23.3 Å². The highest BCUT2D eigenvalue weighted by Crippen LogP contribution is 2.12. The molecule has 0 aromatic heterocycles. The Morgan fingerprint density at radius 3 is 2.00 bits per heavy atom. The van der Waals surface area contributed by atoms with Crippen molar-refractivity contribution in [2.75, 3.05) is 32.6 Å². The maximum atomic E-state index is 7.00. The molecule has 1 heterocycles. The molecule has 0 amide bonds. The van der Waals surface area contributed by atoms with Crippen LogP contribution in [-0.2, 0) is 6.54 Å². The third kappa shape index (κ3) is 12.1. The van der Waals surface area contributed by atoms with Crippen LogP contribution in [-0.4, -0.2) is 32.4 Å². The van der Waals surface area contributed by atoms with Crippen LogP contribution in [0.5, 0.6) is 0 Å². The standard InChI is InChI=1S/C8H12N2.C7H10N2.C7H13N.CH4O/c1-10-8-5-3-2-4-7(8)6-9;8-7(9)6-4-2-1-3-5-6;1-2-7-3-5-8-6-4-7;1-2/h2-5,10H,6,9H2,1H3;1-5,7H,8-9H2;2,7-8H,1,3-6H2;2H,1H3. The number of nitrogens with one attached hydrogen (secondary N) is 2. The van der Waals surface area contributed by atoms with Crippen LogP contribution in [0.25, 0.3) is 0 Å². The second-order valence-electron chi connectivity index (χ2n) is 6.37. The van der Waals surface area contributed by atoms with Crippen molar-refractivity contribution in [2.24, 2.45) is 23.1 Å². The summed E-state index contributed by atoms with van der Waals surface area (Å²) in [6.07, 6.45) is 4.29. The summed E-state index contributed by atoms with van der Waals surface area (Å²) in [5.74, 6) is 0.788. The van der Waals surface area contributed by atoms with Crippen LogP contribution in [0.3, 0.4) is 0 Å². The molecule has 0 aliphatic carbocycles. The minimum absolute atomic E-state index is 0.341. The van der Waals surface area contributed by atoms with Gasteiger partial charge in [-0.1, -0.05) is 54.6 Å². The smallest absolute Gasteiger partial charge is 0.0784 e. The van der Waals surface area contributed by atoms with Gasteiger partial charge in [-0.15, -0.1) is 6.58 Å². The number of aliphatic hydroxyl groups excluding tert-OH is 1. The Kier molecular flexibility index (Phi) is 16.5. The van der Waals surface area contributed by atoms with Crippen molar-refractivity contribution in [2.45, 2.75) is 25.6 Å². The molecular weight excluding hydrogens is 362 g/mol. The van der Waals surface area contributed by atoms with Gasteiger partial charge in [-0.05, 0) is 49.0 Å². The molecule has 1 saturated heterocycles. The summed E-state index contributed by atoms with van der Waals surface area (Å²) >= 11 is 0. The second-order valence-corrected chi connectivity index (χ2v) is 6.37. The average molecular weight is 402 g/mol. The lowest BCUT2D eigenvalue weighted by Crippen LogP contribution is -2.26. The Labute approximate surface area is 176 Å². The molecule has 0 spiro atoms. The molecule has 2 aromatic rings. The Balaban J connectivity index is 0.000000390. The van der Waals surface area contributed by atoms with Gasteiger partial charge in [0.05, 0.1) is 6.17 Å². The molecule has 0 unspecified atom stereocenters. The normalized spacial score (nSPS) is 12.9. The van der Waals surface area contributed by atoms with E-state index in [0.717, 1.165) is 29.8 Å². The van der Waals surface area contributed by atoms with Crippen molar-refractivity contribution in [3.63, 3.8) is 0 Å². The van der Waals surface area contributed by atoms with Crippen LogP contribution < -0.4 is 27.8 Å². The lowest BCUT2D eigenvalue weighted by molar-refractivity contribution is 0.399. The van der Waals surface area contributed by atoms with Crippen molar-refractivity contribution in [1.29, 1.82) is 0 Å². The van der Waals surface area contributed by atoms with E-state index in [0.29, 0.717) is 6.54 Å². The number of hydrogen-bond acceptors (Lipinski definition) is 6. The summed E-state index contributed by atoms with van der Waals surface area (Å²) in [6.45, 7) is 6.71. The zero-order chi connectivity index (χ0) is 21.9.